The zero-order valence-corrected chi connectivity index (χ0v) is 13.4. The SMILES string of the molecule is CCc1nc(-c2ccc(Br)c(Cl)c2)[nH]c(=O)c1Br. The Hall–Kier alpha value is -0.650. The van der Waals surface area contributed by atoms with Crippen LogP contribution >= 0.6 is 43.5 Å². The van der Waals surface area contributed by atoms with Gasteiger partial charge in [0.25, 0.3) is 5.56 Å². The standard InChI is InChI=1S/C12H9Br2ClN2O/c1-2-9-10(14)12(18)17-11(16-9)6-3-4-7(13)8(15)5-6/h3-5H,2H2,1H3,(H,16,17,18). The van der Waals surface area contributed by atoms with Gasteiger partial charge in [0.1, 0.15) is 10.3 Å². The third kappa shape index (κ3) is 2.68. The average Bonchev–Trinajstić information content (AvgIpc) is 2.36. The lowest BCUT2D eigenvalue weighted by atomic mass is 10.2. The fraction of sp³-hybridized carbons (Fsp3) is 0.167. The lowest BCUT2D eigenvalue weighted by Gasteiger charge is -2.06. The molecular formula is C12H9Br2ClN2O. The van der Waals surface area contributed by atoms with Gasteiger partial charge in [-0.15, -0.1) is 0 Å². The highest BCUT2D eigenvalue weighted by Crippen LogP contribution is 2.27. The van der Waals surface area contributed by atoms with E-state index in [1.807, 2.05) is 19.1 Å². The highest BCUT2D eigenvalue weighted by Gasteiger charge is 2.09. The summed E-state index contributed by atoms with van der Waals surface area (Å²) >= 11 is 12.6. The molecule has 0 fully saturated rings. The number of aromatic nitrogens is 2. The highest BCUT2D eigenvalue weighted by molar-refractivity contribution is 9.10. The Morgan fingerprint density at radius 2 is 2.11 bits per heavy atom. The quantitative estimate of drug-likeness (QED) is 0.834. The molecule has 0 unspecified atom stereocenters. The zero-order valence-electron chi connectivity index (χ0n) is 9.43. The van der Waals surface area contributed by atoms with Crippen LogP contribution in [0.2, 0.25) is 5.02 Å². The van der Waals surface area contributed by atoms with Crippen LogP contribution in [0.3, 0.4) is 0 Å². The summed E-state index contributed by atoms with van der Waals surface area (Å²) in [6.07, 6.45) is 0.682. The molecule has 0 bridgehead atoms. The molecule has 1 aromatic carbocycles. The van der Waals surface area contributed by atoms with E-state index in [2.05, 4.69) is 41.8 Å². The Labute approximate surface area is 126 Å². The zero-order chi connectivity index (χ0) is 13.3. The summed E-state index contributed by atoms with van der Waals surface area (Å²) in [5.41, 5.74) is 1.33. The minimum Gasteiger partial charge on any atom is -0.306 e. The number of nitrogens with one attached hydrogen (secondary N) is 1. The van der Waals surface area contributed by atoms with Crippen molar-refractivity contribution in [2.45, 2.75) is 13.3 Å². The van der Waals surface area contributed by atoms with E-state index in [1.54, 1.807) is 6.07 Å². The van der Waals surface area contributed by atoms with Gasteiger partial charge in [0.2, 0.25) is 0 Å². The molecular weight excluding hydrogens is 383 g/mol. The van der Waals surface area contributed by atoms with Crippen molar-refractivity contribution in [3.8, 4) is 11.4 Å². The second-order valence-electron chi connectivity index (χ2n) is 3.66. The molecule has 0 radical (unpaired) electrons. The van der Waals surface area contributed by atoms with Crippen molar-refractivity contribution >= 4 is 43.5 Å². The fourth-order valence-electron chi connectivity index (χ4n) is 1.52. The summed E-state index contributed by atoms with van der Waals surface area (Å²) in [6.45, 7) is 1.95. The van der Waals surface area contributed by atoms with Crippen LogP contribution in [0.15, 0.2) is 31.9 Å². The first-order valence-electron chi connectivity index (χ1n) is 5.27. The smallest absolute Gasteiger partial charge is 0.265 e. The van der Waals surface area contributed by atoms with Crippen molar-refractivity contribution in [3.63, 3.8) is 0 Å². The largest absolute Gasteiger partial charge is 0.306 e. The van der Waals surface area contributed by atoms with Crippen LogP contribution in [0.5, 0.6) is 0 Å². The maximum absolute atomic E-state index is 11.8. The van der Waals surface area contributed by atoms with Crippen LogP contribution in [0.1, 0.15) is 12.6 Å². The number of benzene rings is 1. The number of hydrogen-bond donors (Lipinski definition) is 1. The van der Waals surface area contributed by atoms with Crippen molar-refractivity contribution in [2.75, 3.05) is 0 Å². The minimum atomic E-state index is -0.184. The maximum Gasteiger partial charge on any atom is 0.265 e. The number of nitrogens with zero attached hydrogens (tertiary/aromatic N) is 1. The van der Waals surface area contributed by atoms with Gasteiger partial charge in [-0.25, -0.2) is 4.98 Å². The monoisotopic (exact) mass is 390 g/mol. The topological polar surface area (TPSA) is 45.8 Å². The first-order chi connectivity index (χ1) is 8.52. The number of aromatic amines is 1. The molecule has 2 aromatic rings. The molecule has 3 nitrogen and oxygen atoms in total. The van der Waals surface area contributed by atoms with Gasteiger partial charge in [0.15, 0.2) is 0 Å². The Kier molecular flexibility index (Phi) is 4.25. The van der Waals surface area contributed by atoms with Crippen LogP contribution in [0, 0.1) is 0 Å². The Bertz CT molecular complexity index is 655. The van der Waals surface area contributed by atoms with Gasteiger partial charge in [-0.3, -0.25) is 4.79 Å². The molecule has 0 aliphatic heterocycles. The molecule has 0 aliphatic rings. The van der Waals surface area contributed by atoms with E-state index >= 15 is 0 Å². The van der Waals surface area contributed by atoms with Crippen molar-refractivity contribution in [1.29, 1.82) is 0 Å². The Morgan fingerprint density at radius 1 is 1.39 bits per heavy atom. The van der Waals surface area contributed by atoms with Crippen molar-refractivity contribution < 1.29 is 0 Å². The molecule has 0 saturated carbocycles. The van der Waals surface area contributed by atoms with E-state index in [4.69, 9.17) is 11.6 Å². The Balaban J connectivity index is 2.60. The molecule has 0 atom stereocenters. The molecule has 1 aromatic heterocycles. The maximum atomic E-state index is 11.8. The van der Waals surface area contributed by atoms with E-state index in [-0.39, 0.29) is 5.56 Å². The van der Waals surface area contributed by atoms with Gasteiger partial charge in [0, 0.05) is 10.0 Å². The van der Waals surface area contributed by atoms with Gasteiger partial charge in [-0.1, -0.05) is 24.6 Å². The number of rotatable bonds is 2. The van der Waals surface area contributed by atoms with Crippen LogP contribution in [0.25, 0.3) is 11.4 Å². The van der Waals surface area contributed by atoms with Gasteiger partial charge in [-0.2, -0.15) is 0 Å². The van der Waals surface area contributed by atoms with Crippen LogP contribution in [0.4, 0.5) is 0 Å². The van der Waals surface area contributed by atoms with E-state index in [0.717, 1.165) is 15.7 Å². The number of halogens is 3. The molecule has 0 saturated heterocycles. The minimum absolute atomic E-state index is 0.184. The first kappa shape index (κ1) is 13.8. The van der Waals surface area contributed by atoms with Gasteiger partial charge in [-0.05, 0) is 50.4 Å². The summed E-state index contributed by atoms with van der Waals surface area (Å²) in [6, 6.07) is 5.43. The number of H-pyrrole nitrogens is 1. The summed E-state index contributed by atoms with van der Waals surface area (Å²) in [5, 5.41) is 0.580. The lowest BCUT2D eigenvalue weighted by molar-refractivity contribution is 0.970. The van der Waals surface area contributed by atoms with Gasteiger partial charge < -0.3 is 4.98 Å². The Morgan fingerprint density at radius 3 is 2.72 bits per heavy atom. The van der Waals surface area contributed by atoms with Gasteiger partial charge >= 0.3 is 0 Å². The molecule has 94 valence electrons. The molecule has 2 rings (SSSR count). The van der Waals surface area contributed by atoms with Crippen LogP contribution < -0.4 is 5.56 Å². The third-order valence-corrected chi connectivity index (χ3v) is 4.51. The molecule has 18 heavy (non-hydrogen) atoms. The molecule has 0 spiro atoms. The van der Waals surface area contributed by atoms with Crippen molar-refractivity contribution in [2.24, 2.45) is 0 Å². The second-order valence-corrected chi connectivity index (χ2v) is 5.71. The van der Waals surface area contributed by atoms with E-state index in [9.17, 15) is 4.79 Å². The number of aryl methyl sites for hydroxylation is 1. The van der Waals surface area contributed by atoms with Crippen LogP contribution in [-0.4, -0.2) is 9.97 Å². The summed E-state index contributed by atoms with van der Waals surface area (Å²) in [4.78, 5) is 18.9. The second kappa shape index (κ2) is 5.55. The summed E-state index contributed by atoms with van der Waals surface area (Å²) in [7, 11) is 0. The molecule has 1 heterocycles. The van der Waals surface area contributed by atoms with Crippen molar-refractivity contribution in [1.82, 2.24) is 9.97 Å². The van der Waals surface area contributed by atoms with Gasteiger partial charge in [0.05, 0.1) is 10.7 Å². The fourth-order valence-corrected chi connectivity index (χ4v) is 2.42. The molecule has 1 N–H and O–H groups in total. The third-order valence-electron chi connectivity index (χ3n) is 2.46. The summed E-state index contributed by atoms with van der Waals surface area (Å²) in [5.74, 6) is 0.523. The predicted octanol–water partition coefficient (Wildman–Crippen LogP) is 4.18. The first-order valence-corrected chi connectivity index (χ1v) is 7.23. The van der Waals surface area contributed by atoms with E-state index in [0.29, 0.717) is 21.7 Å². The van der Waals surface area contributed by atoms with Crippen molar-refractivity contribution in [3.05, 3.63) is 48.2 Å². The van der Waals surface area contributed by atoms with E-state index < -0.39 is 0 Å². The van der Waals surface area contributed by atoms with E-state index in [1.165, 1.54) is 0 Å². The normalized spacial score (nSPS) is 10.7. The highest BCUT2D eigenvalue weighted by atomic mass is 79.9. The lowest BCUT2D eigenvalue weighted by Crippen LogP contribution is -2.13. The molecule has 6 heteroatoms. The molecule has 0 amide bonds. The van der Waals surface area contributed by atoms with Crippen LogP contribution in [-0.2, 0) is 6.42 Å². The average molecular weight is 392 g/mol. The predicted molar refractivity (Wildman–Crippen MR) is 80.1 cm³/mol. The number of hydrogen-bond acceptors (Lipinski definition) is 2. The summed E-state index contributed by atoms with van der Waals surface area (Å²) < 4.78 is 1.29. The molecule has 0 aliphatic carbocycles.